The molecule has 0 radical (unpaired) electrons. The molecule has 24 nitrogen and oxygen atoms in total. The van der Waals surface area contributed by atoms with Crippen molar-refractivity contribution in [1.29, 1.82) is 0 Å². The molecular weight excluding hydrogens is 973 g/mol. The van der Waals surface area contributed by atoms with E-state index in [0.29, 0.717) is 19.3 Å². The quantitative estimate of drug-likeness (QED) is 0.0979. The molecule has 8 N–H and O–H groups in total. The summed E-state index contributed by atoms with van der Waals surface area (Å²) < 4.78 is 72.7. The summed E-state index contributed by atoms with van der Waals surface area (Å²) in [7, 11) is 0. The van der Waals surface area contributed by atoms with Crippen molar-refractivity contribution in [1.82, 2.24) is 0 Å². The van der Waals surface area contributed by atoms with E-state index in [2.05, 4.69) is 0 Å². The van der Waals surface area contributed by atoms with Gasteiger partial charge < -0.3 is 97.7 Å². The average Bonchev–Trinajstić information content (AvgIpc) is 3.33. The summed E-state index contributed by atoms with van der Waals surface area (Å²) in [6.45, 7) is 12.6. The number of hydrogen-bond acceptors (Lipinski definition) is 24. The Morgan fingerprint density at radius 2 is 1.07 bits per heavy atom. The van der Waals surface area contributed by atoms with Crippen molar-refractivity contribution in [2.75, 3.05) is 13.2 Å². The van der Waals surface area contributed by atoms with Crippen LogP contribution in [0.5, 0.6) is 0 Å². The van der Waals surface area contributed by atoms with Crippen LogP contribution in [0.25, 0.3) is 0 Å². The van der Waals surface area contributed by atoms with E-state index in [1.54, 1.807) is 0 Å². The van der Waals surface area contributed by atoms with Gasteiger partial charge in [0.25, 0.3) is 0 Å². The molecule has 24 atom stereocenters. The first-order valence-electron chi connectivity index (χ1n) is 25.8. The standard InChI is InChI=1S/C49H82O24/c1-21(2)43(59)70-42-41-38(71-46-36(58)35(57)37(27(8)65-46)69-45(61)23(4)25(6)51)28(9)66-49(42)73-40-34(56)32(54)29(20-63-44(60)22(3)24(5)50)67-48(40)72-39-33(55)31(53)26(7)64-47(39)62-19-17-15-13-11-10-12-14-16-18-30(52)68-41/h21-29,31-42,46-51,53-58H,10-20H2,1-9H3/t22?,23?,24?,25?,26-,27-,28+,29-,31-,32-,33+,34+,35-,36-,37-,38+,39-,40-,41-,42+,46+,47+,48+,49+/m1/s1. The summed E-state index contributed by atoms with van der Waals surface area (Å²) in [5, 5.41) is 88.8. The van der Waals surface area contributed by atoms with E-state index in [1.807, 2.05) is 0 Å². The Bertz CT molecular complexity index is 1740. The molecule has 0 amide bonds. The second-order valence-electron chi connectivity index (χ2n) is 20.5. The maximum absolute atomic E-state index is 13.9. The summed E-state index contributed by atoms with van der Waals surface area (Å²) in [4.78, 5) is 53.2. The van der Waals surface area contributed by atoms with Crippen LogP contribution in [0.15, 0.2) is 0 Å². The Kier molecular flexibility index (Phi) is 23.5. The molecule has 5 fully saturated rings. The van der Waals surface area contributed by atoms with Gasteiger partial charge in [0.2, 0.25) is 0 Å². The van der Waals surface area contributed by atoms with Crippen LogP contribution in [0.2, 0.25) is 0 Å². The van der Waals surface area contributed by atoms with Crippen molar-refractivity contribution in [2.24, 2.45) is 17.8 Å². The van der Waals surface area contributed by atoms with Gasteiger partial charge in [-0.25, -0.2) is 0 Å². The highest BCUT2D eigenvalue weighted by Crippen LogP contribution is 2.38. The van der Waals surface area contributed by atoms with Gasteiger partial charge in [-0.1, -0.05) is 52.4 Å². The zero-order chi connectivity index (χ0) is 54.0. The van der Waals surface area contributed by atoms with Crippen molar-refractivity contribution in [3.05, 3.63) is 0 Å². The van der Waals surface area contributed by atoms with E-state index < -0.39 is 183 Å². The molecule has 5 heterocycles. The molecule has 24 heteroatoms. The maximum atomic E-state index is 13.9. The number of ether oxygens (including phenoxy) is 12. The topological polar surface area (TPSA) is 341 Å². The minimum absolute atomic E-state index is 0.0843. The van der Waals surface area contributed by atoms with Crippen molar-refractivity contribution in [3.8, 4) is 0 Å². The fraction of sp³-hybridized carbons (Fsp3) is 0.918. The molecule has 0 aromatic rings. The Hall–Kier alpha value is -2.76. The molecule has 5 saturated heterocycles. The van der Waals surface area contributed by atoms with Crippen LogP contribution < -0.4 is 0 Å². The van der Waals surface area contributed by atoms with Gasteiger partial charge >= 0.3 is 23.9 Å². The number of aliphatic hydroxyl groups is 8. The third-order valence-corrected chi connectivity index (χ3v) is 14.2. The van der Waals surface area contributed by atoms with Crippen molar-refractivity contribution in [3.63, 3.8) is 0 Å². The molecular formula is C49H82O24. The maximum Gasteiger partial charge on any atom is 0.311 e. The molecule has 0 aromatic heterocycles. The van der Waals surface area contributed by atoms with Crippen LogP contribution >= 0.6 is 0 Å². The summed E-state index contributed by atoms with van der Waals surface area (Å²) in [5.74, 6) is -6.11. The molecule has 4 unspecified atom stereocenters. The molecule has 5 aliphatic rings. The van der Waals surface area contributed by atoms with Gasteiger partial charge in [-0.2, -0.15) is 0 Å². The fourth-order valence-corrected chi connectivity index (χ4v) is 8.90. The van der Waals surface area contributed by atoms with Crippen LogP contribution in [0.4, 0.5) is 0 Å². The predicted octanol–water partition coefficient (Wildman–Crippen LogP) is -0.224. The average molecular weight is 1060 g/mol. The number of hydrogen-bond donors (Lipinski definition) is 8. The smallest absolute Gasteiger partial charge is 0.311 e. The fourth-order valence-electron chi connectivity index (χ4n) is 8.90. The number of carbonyl (C=O) groups is 4. The second-order valence-corrected chi connectivity index (χ2v) is 20.5. The van der Waals surface area contributed by atoms with Gasteiger partial charge in [0, 0.05) is 13.0 Å². The first-order valence-corrected chi connectivity index (χ1v) is 25.8. The third-order valence-electron chi connectivity index (χ3n) is 14.2. The van der Waals surface area contributed by atoms with Gasteiger partial charge in [0.15, 0.2) is 43.5 Å². The number of esters is 4. The van der Waals surface area contributed by atoms with Gasteiger partial charge in [0.05, 0.1) is 48.3 Å². The van der Waals surface area contributed by atoms with E-state index in [-0.39, 0.29) is 13.0 Å². The predicted molar refractivity (Wildman–Crippen MR) is 247 cm³/mol. The molecule has 5 aliphatic heterocycles. The summed E-state index contributed by atoms with van der Waals surface area (Å²) >= 11 is 0. The SMILES string of the molecule is CC(C)C(=O)O[C@@H]1[C@@H]2O[C@H]3[C@H](O[C@H]4[C@@H](OCCCCCCCCCCC(=O)O[C@@H]1[C@@H](O[C@@H]1O[C@H](C)[C@@H](OC(=O)C(C)C(C)O)[C@H](O)[C@H]1O)[C@H](C)O2)O[C@H](C)[C@@H](O)[C@@H]4O)O[C@H](COC(=O)C(C)C(C)O)[C@@H](O)[C@@H]3O. The Morgan fingerprint density at radius 3 is 1.70 bits per heavy atom. The van der Waals surface area contributed by atoms with Gasteiger partial charge in [-0.05, 0) is 61.3 Å². The molecule has 73 heavy (non-hydrogen) atoms. The molecule has 422 valence electrons. The monoisotopic (exact) mass is 1050 g/mol. The lowest BCUT2D eigenvalue weighted by molar-refractivity contribution is -0.397. The molecule has 0 spiro atoms. The van der Waals surface area contributed by atoms with Crippen LogP contribution in [-0.4, -0.2) is 213 Å². The zero-order valence-corrected chi connectivity index (χ0v) is 43.3. The molecule has 0 saturated carbocycles. The van der Waals surface area contributed by atoms with E-state index in [4.69, 9.17) is 56.8 Å². The van der Waals surface area contributed by atoms with E-state index in [9.17, 15) is 60.0 Å². The van der Waals surface area contributed by atoms with E-state index in [1.165, 1.54) is 62.3 Å². The number of aliphatic hydroxyl groups excluding tert-OH is 8. The highest BCUT2D eigenvalue weighted by molar-refractivity contribution is 5.73. The summed E-state index contributed by atoms with van der Waals surface area (Å²) in [6.07, 6.45) is -28.6. The minimum Gasteiger partial charge on any atom is -0.463 e. The van der Waals surface area contributed by atoms with Crippen LogP contribution in [0.1, 0.15) is 120 Å². The highest BCUT2D eigenvalue weighted by Gasteiger charge is 2.58. The summed E-state index contributed by atoms with van der Waals surface area (Å²) in [6, 6.07) is 0. The lowest BCUT2D eigenvalue weighted by Crippen LogP contribution is -2.68. The Labute approximate surface area is 426 Å². The van der Waals surface area contributed by atoms with Crippen LogP contribution in [0, 0.1) is 17.8 Å². The normalized spacial score (nSPS) is 41.4. The second kappa shape index (κ2) is 28.0. The minimum atomic E-state index is -2.03. The molecule has 0 aromatic carbocycles. The Balaban J connectivity index is 1.54. The molecule has 2 bridgehead atoms. The number of fused-ring (bicyclic) bond motifs is 4. The van der Waals surface area contributed by atoms with Gasteiger partial charge in [-0.15, -0.1) is 0 Å². The lowest BCUT2D eigenvalue weighted by atomic mass is 9.95. The van der Waals surface area contributed by atoms with Crippen LogP contribution in [0.3, 0.4) is 0 Å². The largest absolute Gasteiger partial charge is 0.463 e. The number of carbonyl (C=O) groups excluding carboxylic acids is 4. The Morgan fingerprint density at radius 1 is 0.534 bits per heavy atom. The van der Waals surface area contributed by atoms with E-state index in [0.717, 1.165) is 32.1 Å². The van der Waals surface area contributed by atoms with Crippen molar-refractivity contribution in [2.45, 2.75) is 255 Å². The molecule has 5 rings (SSSR count). The number of rotatable bonds is 11. The lowest BCUT2D eigenvalue weighted by Gasteiger charge is -2.50. The van der Waals surface area contributed by atoms with Crippen LogP contribution in [-0.2, 0) is 76.0 Å². The summed E-state index contributed by atoms with van der Waals surface area (Å²) in [5.41, 5.74) is 0. The highest BCUT2D eigenvalue weighted by atomic mass is 16.8. The first kappa shape index (κ1) is 61.1. The third kappa shape index (κ3) is 15.9. The first-order chi connectivity index (χ1) is 34.4. The van der Waals surface area contributed by atoms with Gasteiger partial charge in [-0.3, -0.25) is 19.2 Å². The zero-order valence-electron chi connectivity index (χ0n) is 43.3. The van der Waals surface area contributed by atoms with E-state index >= 15 is 0 Å². The van der Waals surface area contributed by atoms with Crippen molar-refractivity contribution < 1.29 is 117 Å². The molecule has 0 aliphatic carbocycles. The van der Waals surface area contributed by atoms with Crippen molar-refractivity contribution >= 4 is 23.9 Å². The van der Waals surface area contributed by atoms with Gasteiger partial charge in [0.1, 0.15) is 67.6 Å².